The Hall–Kier alpha value is -5.55. The van der Waals surface area contributed by atoms with Crippen molar-refractivity contribution < 1.29 is 19.5 Å². The first-order valence-corrected chi connectivity index (χ1v) is 15.7. The lowest BCUT2D eigenvalue weighted by molar-refractivity contribution is 0.0698. The number of ketones is 1. The normalized spacial score (nSPS) is 11.5. The summed E-state index contributed by atoms with van der Waals surface area (Å²) in [7, 11) is 0. The summed E-state index contributed by atoms with van der Waals surface area (Å²) < 4.78 is 0. The maximum absolute atomic E-state index is 13.7. The van der Waals surface area contributed by atoms with Crippen LogP contribution in [-0.4, -0.2) is 29.3 Å². The summed E-state index contributed by atoms with van der Waals surface area (Å²) in [6, 6.07) is 35.2. The molecule has 0 spiro atoms. The molecule has 0 saturated carbocycles. The van der Waals surface area contributed by atoms with Crippen LogP contribution in [0.2, 0.25) is 0 Å². The molecule has 0 aromatic heterocycles. The molecule has 2 N–H and O–H groups in total. The fourth-order valence-corrected chi connectivity index (χ4v) is 6.95. The topological polar surface area (TPSA) is 83.5 Å². The highest BCUT2D eigenvalue weighted by Gasteiger charge is 2.24. The lowest BCUT2D eigenvalue weighted by Crippen LogP contribution is -2.26. The van der Waals surface area contributed by atoms with Gasteiger partial charge in [0.1, 0.15) is 0 Å². The van der Waals surface area contributed by atoms with Crippen LogP contribution in [0, 0.1) is 6.92 Å². The number of aromatic carboxylic acids is 1. The third-order valence-corrected chi connectivity index (χ3v) is 9.14. The highest BCUT2D eigenvalue weighted by molar-refractivity contribution is 6.37. The lowest BCUT2D eigenvalue weighted by Gasteiger charge is -2.20. The molecule has 5 nitrogen and oxygen atoms in total. The molecule has 226 valence electrons. The van der Waals surface area contributed by atoms with E-state index in [9.17, 15) is 19.5 Å². The second kappa shape index (κ2) is 12.1. The highest BCUT2D eigenvalue weighted by atomic mass is 16.4. The number of hydrogen-bond donors (Lipinski definition) is 2. The second-order valence-electron chi connectivity index (χ2n) is 12.0. The van der Waals surface area contributed by atoms with E-state index in [0.29, 0.717) is 35.9 Å². The number of benzene rings is 7. The first-order chi connectivity index (χ1) is 22.4. The van der Waals surface area contributed by atoms with E-state index in [4.69, 9.17) is 0 Å². The quantitative estimate of drug-likeness (QED) is 0.0929. The number of carboxylic acids is 1. The number of aryl methyl sites for hydroxylation is 2. The van der Waals surface area contributed by atoms with Crippen molar-refractivity contribution in [3.63, 3.8) is 0 Å². The monoisotopic (exact) mass is 603 g/mol. The van der Waals surface area contributed by atoms with Crippen molar-refractivity contribution in [2.24, 2.45) is 0 Å². The molecule has 0 fully saturated rings. The van der Waals surface area contributed by atoms with Crippen LogP contribution >= 0.6 is 0 Å². The summed E-state index contributed by atoms with van der Waals surface area (Å²) >= 11 is 0. The fraction of sp³-hybridized carbons (Fsp3) is 0.146. The number of carbonyl (C=O) groups is 3. The zero-order valence-electron chi connectivity index (χ0n) is 25.6. The second-order valence-corrected chi connectivity index (χ2v) is 12.0. The van der Waals surface area contributed by atoms with Crippen molar-refractivity contribution in [3.05, 3.63) is 143 Å². The maximum atomic E-state index is 13.7. The van der Waals surface area contributed by atoms with Gasteiger partial charge in [0, 0.05) is 29.5 Å². The van der Waals surface area contributed by atoms with Crippen LogP contribution in [0.15, 0.2) is 109 Å². The lowest BCUT2D eigenvalue weighted by atomic mass is 9.83. The zero-order chi connectivity index (χ0) is 31.8. The Morgan fingerprint density at radius 3 is 1.70 bits per heavy atom. The zero-order valence-corrected chi connectivity index (χ0v) is 25.6. The third kappa shape index (κ3) is 5.14. The molecule has 7 aromatic carbocycles. The van der Waals surface area contributed by atoms with E-state index >= 15 is 0 Å². The molecule has 0 unspecified atom stereocenters. The van der Waals surface area contributed by atoms with E-state index < -0.39 is 5.97 Å². The van der Waals surface area contributed by atoms with Gasteiger partial charge in [0.2, 0.25) is 0 Å². The minimum Gasteiger partial charge on any atom is -0.478 e. The highest BCUT2D eigenvalue weighted by Crippen LogP contribution is 2.44. The minimum atomic E-state index is -1.07. The molecule has 7 rings (SSSR count). The molecule has 0 saturated heterocycles. The largest absolute Gasteiger partial charge is 0.478 e. The predicted octanol–water partition coefficient (Wildman–Crippen LogP) is 8.92. The molecule has 0 aliphatic carbocycles. The van der Waals surface area contributed by atoms with Gasteiger partial charge in [-0.3, -0.25) is 9.59 Å². The predicted molar refractivity (Wildman–Crippen MR) is 186 cm³/mol. The third-order valence-electron chi connectivity index (χ3n) is 9.14. The summed E-state index contributed by atoms with van der Waals surface area (Å²) in [6.45, 7) is 2.53. The Morgan fingerprint density at radius 1 is 0.565 bits per heavy atom. The van der Waals surface area contributed by atoms with E-state index in [1.807, 2.05) is 79.7 Å². The molecule has 0 aliphatic rings. The summed E-state index contributed by atoms with van der Waals surface area (Å²) in [5.74, 6) is -1.26. The minimum absolute atomic E-state index is 0.0653. The van der Waals surface area contributed by atoms with Gasteiger partial charge < -0.3 is 10.4 Å². The Bertz CT molecular complexity index is 2250. The molecule has 7 aromatic rings. The van der Waals surface area contributed by atoms with Gasteiger partial charge in [0.05, 0.1) is 5.56 Å². The average Bonchev–Trinajstić information content (AvgIpc) is 3.08. The molecule has 1 amide bonds. The maximum Gasteiger partial charge on any atom is 0.336 e. The van der Waals surface area contributed by atoms with Gasteiger partial charge >= 0.3 is 5.97 Å². The number of amides is 1. The van der Waals surface area contributed by atoms with Crippen LogP contribution in [0.1, 0.15) is 60.6 Å². The standard InChI is InChI=1S/C41H33NO4/c1-25-15-16-28-30-17-20-32(35(43)14-8-13-26-9-4-2-5-10-26)39-34(41(45)46)22-19-31(38(30)39)29-18-21-33(36(25)37(28)29)40(44)42-24-23-27-11-6-3-7-12-27/h2-7,9-12,15-22H,8,13-14,23-24H2,1H3,(H,42,44)(H,45,46). The van der Waals surface area contributed by atoms with Gasteiger partial charge in [-0.2, -0.15) is 0 Å². The number of carboxylic acid groups (broad SMARTS) is 1. The Kier molecular flexibility index (Phi) is 7.67. The van der Waals surface area contributed by atoms with Crippen LogP contribution in [0.3, 0.4) is 0 Å². The molecule has 0 heterocycles. The van der Waals surface area contributed by atoms with Gasteiger partial charge in [-0.25, -0.2) is 4.79 Å². The molecule has 5 heteroatoms. The molecular weight excluding hydrogens is 570 g/mol. The number of hydrogen-bond acceptors (Lipinski definition) is 3. The van der Waals surface area contributed by atoms with Crippen LogP contribution in [0.5, 0.6) is 0 Å². The van der Waals surface area contributed by atoms with Gasteiger partial charge in [-0.15, -0.1) is 0 Å². The number of Topliss-reactive ketones (excluding diaryl/α,β-unsaturated/α-hetero) is 1. The van der Waals surface area contributed by atoms with E-state index in [1.54, 1.807) is 12.1 Å². The Labute approximate surface area is 266 Å². The van der Waals surface area contributed by atoms with E-state index in [0.717, 1.165) is 61.7 Å². The van der Waals surface area contributed by atoms with Crippen molar-refractivity contribution in [2.45, 2.75) is 32.6 Å². The summed E-state index contributed by atoms with van der Waals surface area (Å²) in [6.07, 6.45) is 2.50. The molecule has 0 radical (unpaired) electrons. The molecule has 0 aliphatic heterocycles. The SMILES string of the molecule is Cc1ccc2c3ccc(C(=O)CCCc4ccccc4)c4c(C(=O)O)ccc(c5ccc(C(=O)NCCc6ccccc6)c1c52)c43. The molecular formula is C41H33NO4. The summed E-state index contributed by atoms with van der Waals surface area (Å²) in [4.78, 5) is 39.8. The van der Waals surface area contributed by atoms with Gasteiger partial charge in [-0.05, 0) is 92.7 Å². The number of carbonyl (C=O) groups excluding carboxylic acids is 2. The van der Waals surface area contributed by atoms with E-state index in [-0.39, 0.29) is 17.3 Å². The van der Waals surface area contributed by atoms with Crippen molar-refractivity contribution >= 4 is 60.7 Å². The van der Waals surface area contributed by atoms with Crippen LogP contribution in [-0.2, 0) is 12.8 Å². The number of rotatable bonds is 10. The first-order valence-electron chi connectivity index (χ1n) is 15.7. The van der Waals surface area contributed by atoms with Crippen molar-refractivity contribution in [2.75, 3.05) is 6.54 Å². The Balaban J connectivity index is 1.33. The van der Waals surface area contributed by atoms with Gasteiger partial charge in [-0.1, -0.05) is 97.1 Å². The first kappa shape index (κ1) is 29.2. The number of fused-ring (bicyclic) bond motifs is 2. The van der Waals surface area contributed by atoms with Gasteiger partial charge in [0.15, 0.2) is 5.78 Å². The van der Waals surface area contributed by atoms with Crippen molar-refractivity contribution in [1.29, 1.82) is 0 Å². The van der Waals surface area contributed by atoms with E-state index in [2.05, 4.69) is 29.6 Å². The summed E-state index contributed by atoms with van der Waals surface area (Å²) in [5, 5.41) is 20.1. The molecule has 0 atom stereocenters. The molecule has 0 bridgehead atoms. The average molecular weight is 604 g/mol. The smallest absolute Gasteiger partial charge is 0.336 e. The number of nitrogens with one attached hydrogen (secondary N) is 1. The van der Waals surface area contributed by atoms with Crippen LogP contribution in [0.25, 0.3) is 43.1 Å². The molecule has 46 heavy (non-hydrogen) atoms. The van der Waals surface area contributed by atoms with Crippen LogP contribution < -0.4 is 5.32 Å². The van der Waals surface area contributed by atoms with E-state index in [1.165, 1.54) is 5.56 Å². The van der Waals surface area contributed by atoms with Gasteiger partial charge in [0.25, 0.3) is 5.91 Å². The summed E-state index contributed by atoms with van der Waals surface area (Å²) in [5.41, 5.74) is 4.48. The van der Waals surface area contributed by atoms with Crippen LogP contribution in [0.4, 0.5) is 0 Å². The van der Waals surface area contributed by atoms with Crippen molar-refractivity contribution in [3.8, 4) is 0 Å². The Morgan fingerprint density at radius 2 is 1.09 bits per heavy atom. The van der Waals surface area contributed by atoms with Crippen molar-refractivity contribution in [1.82, 2.24) is 5.32 Å². The fourth-order valence-electron chi connectivity index (χ4n) is 6.95.